The van der Waals surface area contributed by atoms with Crippen molar-refractivity contribution in [3.05, 3.63) is 30.0 Å². The molecule has 1 saturated heterocycles. The fourth-order valence-electron chi connectivity index (χ4n) is 5.60. The number of hydrogen-bond donors (Lipinski definition) is 2. The lowest BCUT2D eigenvalue weighted by Crippen LogP contribution is -2.45. The Kier molecular flexibility index (Phi) is 8.94. The van der Waals surface area contributed by atoms with Gasteiger partial charge in [0.05, 0.1) is 24.4 Å². The summed E-state index contributed by atoms with van der Waals surface area (Å²) in [7, 11) is 7.10. The predicted octanol–water partition coefficient (Wildman–Crippen LogP) is 4.05. The van der Waals surface area contributed by atoms with E-state index in [1.54, 1.807) is 50.5 Å². The van der Waals surface area contributed by atoms with Gasteiger partial charge >= 0.3 is 0 Å². The number of carbonyl (C=O) groups is 2. The van der Waals surface area contributed by atoms with Crippen molar-refractivity contribution in [1.29, 1.82) is 0 Å². The molecule has 3 heterocycles. The second kappa shape index (κ2) is 12.2. The topological polar surface area (TPSA) is 103 Å². The van der Waals surface area contributed by atoms with Crippen LogP contribution in [0.3, 0.4) is 0 Å². The van der Waals surface area contributed by atoms with E-state index in [4.69, 9.17) is 9.72 Å². The number of methoxy groups -OCH3 is 1. The number of nitrogens with one attached hydrogen (secondary N) is 2. The molecule has 2 aliphatic heterocycles. The number of fused-ring (bicyclic) bond motifs is 1. The molecule has 0 bridgehead atoms. The zero-order valence-electron chi connectivity index (χ0n) is 24.2. The van der Waals surface area contributed by atoms with Crippen molar-refractivity contribution in [3.63, 3.8) is 0 Å². The van der Waals surface area contributed by atoms with E-state index in [0.29, 0.717) is 41.2 Å². The first-order valence-corrected chi connectivity index (χ1v) is 13.9. The number of ether oxygens (including phenoxy) is 1. The number of benzene rings is 1. The lowest BCUT2D eigenvalue weighted by atomic mass is 9.91. The second-order valence-electron chi connectivity index (χ2n) is 11.3. The second-order valence-corrected chi connectivity index (χ2v) is 11.3. The van der Waals surface area contributed by atoms with Crippen LogP contribution in [0, 0.1) is 5.41 Å². The summed E-state index contributed by atoms with van der Waals surface area (Å²) in [5, 5.41) is 5.84. The van der Waals surface area contributed by atoms with E-state index >= 15 is 0 Å². The van der Waals surface area contributed by atoms with Crippen LogP contribution < -0.4 is 25.2 Å². The summed E-state index contributed by atoms with van der Waals surface area (Å²) in [5.41, 5.74) is 1.32. The Morgan fingerprint density at radius 1 is 1.10 bits per heavy atom. The highest BCUT2D eigenvalue weighted by atomic mass is 16.5. The van der Waals surface area contributed by atoms with Crippen molar-refractivity contribution in [2.24, 2.45) is 5.41 Å². The zero-order chi connectivity index (χ0) is 28.2. The van der Waals surface area contributed by atoms with Crippen molar-refractivity contribution in [3.8, 4) is 5.75 Å². The molecular formula is C29H43N7O3. The Morgan fingerprint density at radius 2 is 1.79 bits per heavy atom. The van der Waals surface area contributed by atoms with Crippen molar-refractivity contribution in [2.75, 3.05) is 63.0 Å². The molecule has 0 unspecified atom stereocenters. The van der Waals surface area contributed by atoms with E-state index in [-0.39, 0.29) is 11.8 Å². The van der Waals surface area contributed by atoms with Crippen LogP contribution in [-0.2, 0) is 4.79 Å². The van der Waals surface area contributed by atoms with Crippen LogP contribution in [-0.4, -0.2) is 80.6 Å². The number of anilines is 4. The maximum Gasteiger partial charge on any atom is 0.251 e. The lowest BCUT2D eigenvalue weighted by molar-refractivity contribution is -0.125. The Balaban J connectivity index is 0.000000519. The standard InChI is InChI=1S/C24H32N6O3.C5H11N/c1-24(2)14-30(16-8-6-7-9-16)20-18(29(4)22(24)32)13-26-23(28-20)27-17-11-10-15(21(31)25-3)12-19(17)33-5;1-6-4-2-3-5-6/h10-13,16H,6-9,14H2,1-5H3,(H,25,31)(H,26,27,28);2-5H2,1H3. The van der Waals surface area contributed by atoms with Crippen LogP contribution in [0.5, 0.6) is 5.75 Å². The Labute approximate surface area is 232 Å². The summed E-state index contributed by atoms with van der Waals surface area (Å²) in [6.45, 7) is 7.23. The summed E-state index contributed by atoms with van der Waals surface area (Å²) < 4.78 is 5.48. The van der Waals surface area contributed by atoms with Crippen LogP contribution >= 0.6 is 0 Å². The van der Waals surface area contributed by atoms with E-state index in [0.717, 1.165) is 18.7 Å². The fraction of sp³-hybridized carbons (Fsp3) is 0.586. The molecule has 1 aromatic carbocycles. The molecule has 3 aliphatic rings. The van der Waals surface area contributed by atoms with E-state index in [1.807, 2.05) is 13.8 Å². The van der Waals surface area contributed by atoms with Gasteiger partial charge in [-0.15, -0.1) is 0 Å². The Hall–Kier alpha value is -3.40. The minimum Gasteiger partial charge on any atom is -0.495 e. The smallest absolute Gasteiger partial charge is 0.251 e. The van der Waals surface area contributed by atoms with Crippen molar-refractivity contribution in [1.82, 2.24) is 20.2 Å². The number of hydrogen-bond acceptors (Lipinski definition) is 8. The van der Waals surface area contributed by atoms with Crippen molar-refractivity contribution >= 4 is 35.0 Å². The van der Waals surface area contributed by atoms with Gasteiger partial charge in [-0.05, 0) is 77.9 Å². The van der Waals surface area contributed by atoms with Crippen molar-refractivity contribution in [2.45, 2.75) is 58.4 Å². The summed E-state index contributed by atoms with van der Waals surface area (Å²) in [6, 6.07) is 5.51. The SMILES string of the molecule is CN1CCCC1.CNC(=O)c1ccc(Nc2ncc3c(n2)N(C2CCCC2)CC(C)(C)C(=O)N3C)c(OC)c1. The summed E-state index contributed by atoms with van der Waals surface area (Å²) in [6.07, 6.45) is 9.09. The lowest BCUT2D eigenvalue weighted by Gasteiger charge is -2.34. The van der Waals surface area contributed by atoms with Gasteiger partial charge in [0.25, 0.3) is 5.91 Å². The third-order valence-corrected chi connectivity index (χ3v) is 7.87. The molecule has 2 amide bonds. The summed E-state index contributed by atoms with van der Waals surface area (Å²) in [4.78, 5) is 40.8. The Morgan fingerprint density at radius 3 is 2.38 bits per heavy atom. The molecule has 2 aromatic rings. The quantitative estimate of drug-likeness (QED) is 0.589. The van der Waals surface area contributed by atoms with Crippen LogP contribution in [0.2, 0.25) is 0 Å². The van der Waals surface area contributed by atoms with E-state index < -0.39 is 5.41 Å². The highest BCUT2D eigenvalue weighted by Gasteiger charge is 2.41. The fourth-order valence-corrected chi connectivity index (χ4v) is 5.60. The zero-order valence-corrected chi connectivity index (χ0v) is 24.2. The van der Waals surface area contributed by atoms with E-state index in [2.05, 4.69) is 32.5 Å². The maximum atomic E-state index is 13.1. The molecule has 0 spiro atoms. The molecule has 10 nitrogen and oxygen atoms in total. The molecule has 5 rings (SSSR count). The predicted molar refractivity (Wildman–Crippen MR) is 155 cm³/mol. The van der Waals surface area contributed by atoms with E-state index in [9.17, 15) is 9.59 Å². The number of aromatic nitrogens is 2. The Bertz CT molecular complexity index is 1170. The summed E-state index contributed by atoms with van der Waals surface area (Å²) in [5.74, 6) is 1.55. The van der Waals surface area contributed by atoms with Crippen LogP contribution in [0.1, 0.15) is 62.7 Å². The van der Waals surface area contributed by atoms with Crippen molar-refractivity contribution < 1.29 is 14.3 Å². The largest absolute Gasteiger partial charge is 0.495 e. The average Bonchev–Trinajstić information content (AvgIpc) is 3.64. The third kappa shape index (κ3) is 6.43. The van der Waals surface area contributed by atoms with Gasteiger partial charge in [0.1, 0.15) is 11.4 Å². The first-order valence-electron chi connectivity index (χ1n) is 13.9. The highest BCUT2D eigenvalue weighted by Crippen LogP contribution is 2.40. The first-order chi connectivity index (χ1) is 18.6. The average molecular weight is 538 g/mol. The number of amides is 2. The minimum atomic E-state index is -0.537. The van der Waals surface area contributed by atoms with Gasteiger partial charge in [-0.2, -0.15) is 4.98 Å². The van der Waals surface area contributed by atoms with Gasteiger partial charge in [0.2, 0.25) is 11.9 Å². The molecule has 1 aromatic heterocycles. The molecule has 1 aliphatic carbocycles. The number of carbonyl (C=O) groups excluding carboxylic acids is 2. The van der Waals surface area contributed by atoms with Gasteiger partial charge in [0.15, 0.2) is 5.82 Å². The molecule has 0 atom stereocenters. The van der Waals surface area contributed by atoms with Gasteiger partial charge < -0.3 is 30.1 Å². The van der Waals surface area contributed by atoms with Crippen LogP contribution in [0.4, 0.5) is 23.1 Å². The minimum absolute atomic E-state index is 0.0556. The number of likely N-dealkylation sites (tertiary alicyclic amines) is 1. The number of nitrogens with zero attached hydrogens (tertiary/aromatic N) is 5. The number of rotatable bonds is 5. The molecule has 10 heteroatoms. The third-order valence-electron chi connectivity index (χ3n) is 7.87. The van der Waals surface area contributed by atoms with Gasteiger partial charge in [-0.1, -0.05) is 12.8 Å². The molecule has 39 heavy (non-hydrogen) atoms. The molecule has 0 radical (unpaired) electrons. The normalized spacial score (nSPS) is 19.2. The molecule has 2 N–H and O–H groups in total. The van der Waals surface area contributed by atoms with Gasteiger partial charge in [-0.25, -0.2) is 4.98 Å². The highest BCUT2D eigenvalue weighted by molar-refractivity contribution is 6.01. The monoisotopic (exact) mass is 537 g/mol. The first kappa shape index (κ1) is 28.6. The van der Waals surface area contributed by atoms with Gasteiger partial charge in [0, 0.05) is 32.2 Å². The molecule has 1 saturated carbocycles. The van der Waals surface area contributed by atoms with E-state index in [1.165, 1.54) is 38.8 Å². The van der Waals surface area contributed by atoms with Crippen LogP contribution in [0.15, 0.2) is 24.4 Å². The molecular weight excluding hydrogens is 494 g/mol. The summed E-state index contributed by atoms with van der Waals surface area (Å²) >= 11 is 0. The maximum absolute atomic E-state index is 13.1. The van der Waals surface area contributed by atoms with Gasteiger partial charge in [-0.3, -0.25) is 9.59 Å². The van der Waals surface area contributed by atoms with Crippen LogP contribution in [0.25, 0.3) is 0 Å². The molecule has 2 fully saturated rings. The molecule has 212 valence electrons.